The average molecular weight is 493 g/mol. The number of anilines is 1. The molecule has 1 atom stereocenters. The Kier molecular flexibility index (Phi) is 5.21. The van der Waals surface area contributed by atoms with E-state index in [9.17, 15) is 4.39 Å². The first-order valence-corrected chi connectivity index (χ1v) is 11.9. The van der Waals surface area contributed by atoms with Gasteiger partial charge in [0.05, 0.1) is 22.1 Å². The Bertz CT molecular complexity index is 1490. The predicted octanol–water partition coefficient (Wildman–Crippen LogP) is 4.90. The van der Waals surface area contributed by atoms with Crippen LogP contribution >= 0.6 is 11.6 Å². The summed E-state index contributed by atoms with van der Waals surface area (Å²) in [5, 5.41) is 1.58. The van der Waals surface area contributed by atoms with Crippen LogP contribution < -0.4 is 10.6 Å². The molecule has 0 bridgehead atoms. The van der Waals surface area contributed by atoms with E-state index in [1.54, 1.807) is 36.5 Å². The molecular formula is C26H23ClF2N6. The van der Waals surface area contributed by atoms with Crippen LogP contribution in [0.3, 0.4) is 0 Å². The fourth-order valence-electron chi connectivity index (χ4n) is 5.63. The molecule has 0 aliphatic carbocycles. The van der Waals surface area contributed by atoms with Gasteiger partial charge < -0.3 is 10.6 Å². The molecule has 4 heterocycles. The molecular weight excluding hydrogens is 470 g/mol. The molecule has 0 saturated carbocycles. The first kappa shape index (κ1) is 22.3. The summed E-state index contributed by atoms with van der Waals surface area (Å²) in [7, 11) is 0. The third kappa shape index (κ3) is 3.31. The van der Waals surface area contributed by atoms with Gasteiger partial charge in [-0.2, -0.15) is 0 Å². The van der Waals surface area contributed by atoms with E-state index in [1.165, 1.54) is 12.4 Å². The van der Waals surface area contributed by atoms with Gasteiger partial charge in [-0.25, -0.2) is 18.7 Å². The summed E-state index contributed by atoms with van der Waals surface area (Å²) in [5.74, 6) is -0.522. The van der Waals surface area contributed by atoms with E-state index in [0.29, 0.717) is 27.5 Å². The zero-order chi connectivity index (χ0) is 24.3. The van der Waals surface area contributed by atoms with Gasteiger partial charge in [0.2, 0.25) is 0 Å². The van der Waals surface area contributed by atoms with E-state index >= 15 is 4.39 Å². The Hall–Kier alpha value is -3.20. The molecule has 35 heavy (non-hydrogen) atoms. The maximum Gasteiger partial charge on any atom is 0.175 e. The SMILES string of the molecule is C=CC(N)N1CCCC12CN(c1ncnc3c(F)c(-c4cccc5ccc(F)c(Cl)c45)ncc13)C2. The Morgan fingerprint density at radius 3 is 2.77 bits per heavy atom. The Labute approximate surface area is 206 Å². The summed E-state index contributed by atoms with van der Waals surface area (Å²) >= 11 is 6.27. The molecule has 2 aromatic heterocycles. The summed E-state index contributed by atoms with van der Waals surface area (Å²) in [6.45, 7) is 6.25. The van der Waals surface area contributed by atoms with Crippen LogP contribution in [0.4, 0.5) is 14.6 Å². The normalized spacial score (nSPS) is 18.3. The van der Waals surface area contributed by atoms with Gasteiger partial charge in [-0.05, 0) is 24.3 Å². The van der Waals surface area contributed by atoms with Gasteiger partial charge in [-0.15, -0.1) is 6.58 Å². The smallest absolute Gasteiger partial charge is 0.175 e. The quantitative estimate of drug-likeness (QED) is 0.408. The predicted molar refractivity (Wildman–Crippen MR) is 134 cm³/mol. The minimum absolute atomic E-state index is 0.0272. The van der Waals surface area contributed by atoms with Gasteiger partial charge in [-0.3, -0.25) is 9.88 Å². The first-order chi connectivity index (χ1) is 16.9. The van der Waals surface area contributed by atoms with Gasteiger partial charge >= 0.3 is 0 Å². The highest BCUT2D eigenvalue weighted by molar-refractivity contribution is 6.36. The van der Waals surface area contributed by atoms with E-state index < -0.39 is 11.6 Å². The molecule has 1 spiro atoms. The highest BCUT2D eigenvalue weighted by Gasteiger charge is 2.52. The lowest BCUT2D eigenvalue weighted by atomic mass is 9.86. The molecule has 2 aliphatic heterocycles. The van der Waals surface area contributed by atoms with E-state index in [4.69, 9.17) is 17.3 Å². The van der Waals surface area contributed by atoms with Crippen LogP contribution in [-0.2, 0) is 0 Å². The number of fused-ring (bicyclic) bond motifs is 2. The Morgan fingerprint density at radius 2 is 1.97 bits per heavy atom. The van der Waals surface area contributed by atoms with Crippen LogP contribution in [-0.4, -0.2) is 51.2 Å². The summed E-state index contributed by atoms with van der Waals surface area (Å²) in [5.41, 5.74) is 6.88. The molecule has 2 fully saturated rings. The zero-order valence-electron chi connectivity index (χ0n) is 18.9. The van der Waals surface area contributed by atoms with Gasteiger partial charge in [0, 0.05) is 36.8 Å². The van der Waals surface area contributed by atoms with Crippen LogP contribution in [0.5, 0.6) is 0 Å². The molecule has 1 unspecified atom stereocenters. The number of pyridine rings is 1. The van der Waals surface area contributed by atoms with E-state index in [-0.39, 0.29) is 27.9 Å². The van der Waals surface area contributed by atoms with Gasteiger partial charge in [-0.1, -0.05) is 41.9 Å². The lowest BCUT2D eigenvalue weighted by Gasteiger charge is -2.54. The number of halogens is 3. The second-order valence-electron chi connectivity index (χ2n) is 9.25. The minimum atomic E-state index is -0.592. The van der Waals surface area contributed by atoms with E-state index in [2.05, 4.69) is 31.3 Å². The fourth-order valence-corrected chi connectivity index (χ4v) is 5.90. The number of benzene rings is 2. The number of hydrogen-bond donors (Lipinski definition) is 1. The number of likely N-dealkylation sites (tertiary alicyclic amines) is 1. The van der Waals surface area contributed by atoms with Crippen LogP contribution in [0.1, 0.15) is 12.8 Å². The maximum absolute atomic E-state index is 15.8. The molecule has 2 N–H and O–H groups in total. The number of aromatic nitrogens is 3. The van der Waals surface area contributed by atoms with Crippen molar-refractivity contribution in [3.63, 3.8) is 0 Å². The number of nitrogens with zero attached hydrogens (tertiary/aromatic N) is 5. The van der Waals surface area contributed by atoms with Crippen molar-refractivity contribution in [1.82, 2.24) is 19.9 Å². The second-order valence-corrected chi connectivity index (χ2v) is 9.63. The minimum Gasteiger partial charge on any atom is -0.352 e. The molecule has 0 amide bonds. The summed E-state index contributed by atoms with van der Waals surface area (Å²) in [6, 6.07) is 8.16. The van der Waals surface area contributed by atoms with Crippen molar-refractivity contribution in [2.75, 3.05) is 24.5 Å². The van der Waals surface area contributed by atoms with E-state index in [0.717, 1.165) is 32.5 Å². The Balaban J connectivity index is 1.41. The summed E-state index contributed by atoms with van der Waals surface area (Å²) in [6.07, 6.45) is 6.65. The number of hydrogen-bond acceptors (Lipinski definition) is 6. The average Bonchev–Trinajstić information content (AvgIpc) is 3.30. The zero-order valence-corrected chi connectivity index (χ0v) is 19.6. The van der Waals surface area contributed by atoms with Gasteiger partial charge in [0.1, 0.15) is 29.2 Å². The molecule has 178 valence electrons. The molecule has 6 nitrogen and oxygen atoms in total. The molecule has 9 heteroatoms. The fraction of sp³-hybridized carbons (Fsp3) is 0.269. The summed E-state index contributed by atoms with van der Waals surface area (Å²) in [4.78, 5) is 17.5. The third-order valence-electron chi connectivity index (χ3n) is 7.31. The molecule has 6 rings (SSSR count). The van der Waals surface area contributed by atoms with Crippen molar-refractivity contribution in [3.8, 4) is 11.3 Å². The number of rotatable bonds is 4. The van der Waals surface area contributed by atoms with E-state index in [1.807, 2.05) is 0 Å². The van der Waals surface area contributed by atoms with Crippen LogP contribution in [0.15, 0.2) is 55.5 Å². The van der Waals surface area contributed by atoms with Crippen LogP contribution in [0.2, 0.25) is 5.02 Å². The highest BCUT2D eigenvalue weighted by atomic mass is 35.5. The van der Waals surface area contributed by atoms with Crippen molar-refractivity contribution in [2.24, 2.45) is 5.73 Å². The van der Waals surface area contributed by atoms with Crippen molar-refractivity contribution in [2.45, 2.75) is 24.5 Å². The third-order valence-corrected chi connectivity index (χ3v) is 7.68. The van der Waals surface area contributed by atoms with Crippen LogP contribution in [0.25, 0.3) is 32.9 Å². The largest absolute Gasteiger partial charge is 0.352 e. The van der Waals surface area contributed by atoms with Crippen molar-refractivity contribution in [1.29, 1.82) is 0 Å². The highest BCUT2D eigenvalue weighted by Crippen LogP contribution is 2.42. The van der Waals surface area contributed by atoms with Crippen LogP contribution in [0, 0.1) is 11.6 Å². The molecule has 4 aromatic rings. The van der Waals surface area contributed by atoms with Crippen molar-refractivity contribution >= 4 is 39.1 Å². The second kappa shape index (κ2) is 8.19. The van der Waals surface area contributed by atoms with Gasteiger partial charge in [0.15, 0.2) is 5.82 Å². The molecule has 0 radical (unpaired) electrons. The maximum atomic E-state index is 15.8. The topological polar surface area (TPSA) is 71.2 Å². The molecule has 2 aromatic carbocycles. The first-order valence-electron chi connectivity index (χ1n) is 11.5. The number of nitrogens with two attached hydrogens (primary N) is 1. The molecule has 2 aliphatic rings. The van der Waals surface area contributed by atoms with Crippen molar-refractivity contribution in [3.05, 3.63) is 72.2 Å². The standard InChI is InChI=1S/C26H23ClF2N6/c1-2-19(30)35-10-4-9-26(35)12-34(13-26)25-17-11-31-23(22(29)24(17)32-14-33-25)16-6-3-5-15-7-8-18(28)21(27)20(15)16/h2-3,5-8,11,14,19H,1,4,9-10,12-13,30H2. The van der Waals surface area contributed by atoms with Gasteiger partial charge in [0.25, 0.3) is 0 Å². The van der Waals surface area contributed by atoms with Crippen molar-refractivity contribution < 1.29 is 8.78 Å². The molecule has 2 saturated heterocycles. The monoisotopic (exact) mass is 492 g/mol. The Morgan fingerprint density at radius 1 is 1.14 bits per heavy atom. The lowest BCUT2D eigenvalue weighted by Crippen LogP contribution is -2.70. The lowest BCUT2D eigenvalue weighted by molar-refractivity contribution is 0.0794. The summed E-state index contributed by atoms with van der Waals surface area (Å²) < 4.78 is 30.1.